The fraction of sp³-hybridized carbons (Fsp3) is 0.190. The molecule has 0 saturated carbocycles. The maximum Gasteiger partial charge on any atom is 0.276 e. The monoisotopic (exact) mass is 396 g/mol. The smallest absolute Gasteiger partial charge is 0.276 e. The second-order valence-electron chi connectivity index (χ2n) is 6.09. The number of anilines is 2. The van der Waals surface area contributed by atoms with Crippen molar-refractivity contribution in [3.05, 3.63) is 71.7 Å². The van der Waals surface area contributed by atoms with E-state index in [-0.39, 0.29) is 11.5 Å². The Balaban J connectivity index is 1.60. The first-order valence-electron chi connectivity index (χ1n) is 8.95. The van der Waals surface area contributed by atoms with Gasteiger partial charge in [0.1, 0.15) is 23.1 Å². The third-order valence-corrected chi connectivity index (χ3v) is 4.21. The quantitative estimate of drug-likeness (QED) is 0.606. The van der Waals surface area contributed by atoms with E-state index in [0.717, 1.165) is 0 Å². The Bertz CT molecular complexity index is 980. The van der Waals surface area contributed by atoms with E-state index in [1.165, 1.54) is 20.3 Å². The molecule has 7 nitrogen and oxygen atoms in total. The molecular weight excluding hydrogens is 375 g/mol. The van der Waals surface area contributed by atoms with Crippen LogP contribution in [-0.4, -0.2) is 36.9 Å². The van der Waals surface area contributed by atoms with Crippen LogP contribution in [0.1, 0.15) is 16.1 Å². The summed E-state index contributed by atoms with van der Waals surface area (Å²) in [5.41, 5.74) is 1.23. The number of hydrogen-bond acceptors (Lipinski definition) is 6. The summed E-state index contributed by atoms with van der Waals surface area (Å²) in [4.78, 5) is 12.5. The zero-order chi connectivity index (χ0) is 20.6. The standard InChI is InChI=1S/C21H21FN4O3/c1-28-15-7-9-19(29-2)18(13-15)24-21(27)17-8-10-20(26-25-17)23-12-11-14-5-3-4-6-16(14)22/h3-10,13H,11-12H2,1-2H3,(H,23,26)(H,24,27). The molecule has 0 fully saturated rings. The van der Waals surface area contributed by atoms with E-state index in [1.54, 1.807) is 48.5 Å². The topological polar surface area (TPSA) is 85.4 Å². The van der Waals surface area contributed by atoms with Gasteiger partial charge in [0.05, 0.1) is 19.9 Å². The molecule has 0 spiro atoms. The Morgan fingerprint density at radius 2 is 1.86 bits per heavy atom. The normalized spacial score (nSPS) is 10.3. The maximum atomic E-state index is 13.6. The first-order valence-corrected chi connectivity index (χ1v) is 8.95. The Hall–Kier alpha value is -3.68. The second kappa shape index (κ2) is 9.50. The molecule has 0 aliphatic rings. The average Bonchev–Trinajstić information content (AvgIpc) is 2.75. The Morgan fingerprint density at radius 1 is 1.03 bits per heavy atom. The van der Waals surface area contributed by atoms with E-state index in [0.29, 0.717) is 41.5 Å². The minimum Gasteiger partial charge on any atom is -0.497 e. The molecule has 1 amide bonds. The van der Waals surface area contributed by atoms with E-state index in [9.17, 15) is 9.18 Å². The highest BCUT2D eigenvalue weighted by Gasteiger charge is 2.13. The van der Waals surface area contributed by atoms with Crippen LogP contribution in [0, 0.1) is 5.82 Å². The van der Waals surface area contributed by atoms with E-state index in [4.69, 9.17) is 9.47 Å². The molecule has 29 heavy (non-hydrogen) atoms. The van der Waals surface area contributed by atoms with Gasteiger partial charge in [-0.15, -0.1) is 10.2 Å². The van der Waals surface area contributed by atoms with Gasteiger partial charge in [-0.3, -0.25) is 4.79 Å². The van der Waals surface area contributed by atoms with Crippen LogP contribution < -0.4 is 20.1 Å². The molecular formula is C21H21FN4O3. The number of nitrogens with one attached hydrogen (secondary N) is 2. The van der Waals surface area contributed by atoms with Gasteiger partial charge in [-0.2, -0.15) is 0 Å². The molecule has 0 atom stereocenters. The number of amides is 1. The number of carbonyl (C=O) groups is 1. The number of halogens is 1. The van der Waals surface area contributed by atoms with E-state index in [1.807, 2.05) is 0 Å². The summed E-state index contributed by atoms with van der Waals surface area (Å²) < 4.78 is 24.0. The van der Waals surface area contributed by atoms with Crippen LogP contribution in [0.2, 0.25) is 0 Å². The predicted octanol–water partition coefficient (Wildman–Crippen LogP) is 3.54. The molecule has 8 heteroatoms. The number of rotatable bonds is 8. The summed E-state index contributed by atoms with van der Waals surface area (Å²) in [5.74, 6) is 0.916. The van der Waals surface area contributed by atoms with Gasteiger partial charge in [0.25, 0.3) is 5.91 Å². The largest absolute Gasteiger partial charge is 0.497 e. The lowest BCUT2D eigenvalue weighted by Crippen LogP contribution is -2.16. The summed E-state index contributed by atoms with van der Waals surface area (Å²) >= 11 is 0. The molecule has 0 aliphatic carbocycles. The highest BCUT2D eigenvalue weighted by molar-refractivity contribution is 6.03. The van der Waals surface area contributed by atoms with E-state index >= 15 is 0 Å². The Labute approximate surface area is 167 Å². The zero-order valence-electron chi connectivity index (χ0n) is 16.1. The van der Waals surface area contributed by atoms with Gasteiger partial charge in [-0.1, -0.05) is 18.2 Å². The number of carbonyl (C=O) groups excluding carboxylic acids is 1. The lowest BCUT2D eigenvalue weighted by molar-refractivity contribution is 0.102. The molecule has 1 aromatic heterocycles. The summed E-state index contributed by atoms with van der Waals surface area (Å²) in [6.45, 7) is 0.488. The van der Waals surface area contributed by atoms with Crippen molar-refractivity contribution in [2.24, 2.45) is 0 Å². The van der Waals surface area contributed by atoms with Crippen molar-refractivity contribution in [3.8, 4) is 11.5 Å². The molecule has 0 radical (unpaired) electrons. The lowest BCUT2D eigenvalue weighted by Gasteiger charge is -2.11. The Kier molecular flexibility index (Phi) is 6.57. The van der Waals surface area contributed by atoms with Crippen molar-refractivity contribution in [1.82, 2.24) is 10.2 Å². The van der Waals surface area contributed by atoms with E-state index in [2.05, 4.69) is 20.8 Å². The molecule has 2 N–H and O–H groups in total. The van der Waals surface area contributed by atoms with Crippen molar-refractivity contribution in [2.45, 2.75) is 6.42 Å². The fourth-order valence-electron chi connectivity index (χ4n) is 2.67. The molecule has 0 bridgehead atoms. The van der Waals surface area contributed by atoms with Gasteiger partial charge in [-0.05, 0) is 42.3 Å². The number of benzene rings is 2. The van der Waals surface area contributed by atoms with Crippen molar-refractivity contribution < 1.29 is 18.7 Å². The second-order valence-corrected chi connectivity index (χ2v) is 6.09. The zero-order valence-corrected chi connectivity index (χ0v) is 16.1. The van der Waals surface area contributed by atoms with Crippen LogP contribution in [0.5, 0.6) is 11.5 Å². The fourth-order valence-corrected chi connectivity index (χ4v) is 2.67. The van der Waals surface area contributed by atoms with Crippen molar-refractivity contribution >= 4 is 17.4 Å². The molecule has 0 unspecified atom stereocenters. The van der Waals surface area contributed by atoms with Crippen molar-refractivity contribution in [3.63, 3.8) is 0 Å². The van der Waals surface area contributed by atoms with Crippen LogP contribution in [0.25, 0.3) is 0 Å². The van der Waals surface area contributed by atoms with Crippen molar-refractivity contribution in [1.29, 1.82) is 0 Å². The predicted molar refractivity (Wildman–Crippen MR) is 108 cm³/mol. The highest BCUT2D eigenvalue weighted by Crippen LogP contribution is 2.29. The minimum atomic E-state index is -0.429. The van der Waals surface area contributed by atoms with Crippen LogP contribution in [-0.2, 0) is 6.42 Å². The lowest BCUT2D eigenvalue weighted by atomic mass is 10.1. The van der Waals surface area contributed by atoms with Crippen LogP contribution in [0.15, 0.2) is 54.6 Å². The molecule has 150 valence electrons. The molecule has 3 rings (SSSR count). The third kappa shape index (κ3) is 5.19. The SMILES string of the molecule is COc1ccc(OC)c(NC(=O)c2ccc(NCCc3ccccc3F)nn2)c1. The number of hydrogen-bond donors (Lipinski definition) is 2. The van der Waals surface area contributed by atoms with Gasteiger partial charge in [0.2, 0.25) is 0 Å². The third-order valence-electron chi connectivity index (χ3n) is 4.21. The molecule has 2 aromatic carbocycles. The molecule has 0 saturated heterocycles. The van der Waals surface area contributed by atoms with Crippen LogP contribution in [0.4, 0.5) is 15.9 Å². The highest BCUT2D eigenvalue weighted by atomic mass is 19.1. The first kappa shape index (κ1) is 20.1. The minimum absolute atomic E-state index is 0.148. The number of nitrogens with zero attached hydrogens (tertiary/aromatic N) is 2. The van der Waals surface area contributed by atoms with Crippen molar-refractivity contribution in [2.75, 3.05) is 31.4 Å². The number of aromatic nitrogens is 2. The summed E-state index contributed by atoms with van der Waals surface area (Å²) in [6, 6.07) is 14.9. The van der Waals surface area contributed by atoms with Gasteiger partial charge < -0.3 is 20.1 Å². The number of methoxy groups -OCH3 is 2. The molecule has 0 aliphatic heterocycles. The summed E-state index contributed by atoms with van der Waals surface area (Å²) in [5, 5.41) is 13.7. The first-order chi connectivity index (χ1) is 14.1. The summed E-state index contributed by atoms with van der Waals surface area (Å²) in [7, 11) is 3.05. The average molecular weight is 396 g/mol. The molecule has 1 heterocycles. The maximum absolute atomic E-state index is 13.6. The van der Waals surface area contributed by atoms with Gasteiger partial charge >= 0.3 is 0 Å². The van der Waals surface area contributed by atoms with Gasteiger partial charge in [0, 0.05) is 12.6 Å². The van der Waals surface area contributed by atoms with Crippen LogP contribution >= 0.6 is 0 Å². The van der Waals surface area contributed by atoms with Gasteiger partial charge in [0.15, 0.2) is 5.69 Å². The molecule has 3 aromatic rings. The number of ether oxygens (including phenoxy) is 2. The van der Waals surface area contributed by atoms with Crippen LogP contribution in [0.3, 0.4) is 0 Å². The Morgan fingerprint density at radius 3 is 2.55 bits per heavy atom. The van der Waals surface area contributed by atoms with Gasteiger partial charge in [-0.25, -0.2) is 4.39 Å². The van der Waals surface area contributed by atoms with E-state index < -0.39 is 5.91 Å². The summed E-state index contributed by atoms with van der Waals surface area (Å²) in [6.07, 6.45) is 0.506.